The maximum Gasteiger partial charge on any atom is 0.224 e. The second-order valence-corrected chi connectivity index (χ2v) is 6.37. The minimum absolute atomic E-state index is 0.0322. The molecular weight excluding hydrogens is 300 g/mol. The van der Waals surface area contributed by atoms with Crippen LogP contribution in [-0.4, -0.2) is 24.1 Å². The van der Waals surface area contributed by atoms with Gasteiger partial charge >= 0.3 is 0 Å². The van der Waals surface area contributed by atoms with E-state index >= 15 is 0 Å². The van der Waals surface area contributed by atoms with E-state index in [1.807, 2.05) is 25.1 Å². The molecular formula is C20H24N2O2. The quantitative estimate of drug-likeness (QED) is 0.878. The average Bonchev–Trinajstić information content (AvgIpc) is 3.10. The molecule has 2 aromatic rings. The maximum atomic E-state index is 12.2. The number of anilines is 2. The maximum absolute atomic E-state index is 12.2. The first-order valence-electron chi connectivity index (χ1n) is 8.56. The van der Waals surface area contributed by atoms with Crippen LogP contribution in [0.4, 0.5) is 11.4 Å². The minimum atomic E-state index is -0.0322. The van der Waals surface area contributed by atoms with E-state index < -0.39 is 0 Å². The van der Waals surface area contributed by atoms with Crippen molar-refractivity contribution in [2.75, 3.05) is 23.3 Å². The zero-order valence-electron chi connectivity index (χ0n) is 14.1. The lowest BCUT2D eigenvalue weighted by molar-refractivity contribution is -0.116. The lowest BCUT2D eigenvalue weighted by Gasteiger charge is -2.19. The third kappa shape index (κ3) is 3.88. The number of para-hydroxylation sites is 1. The van der Waals surface area contributed by atoms with E-state index in [2.05, 4.69) is 22.3 Å². The van der Waals surface area contributed by atoms with Crippen LogP contribution in [0, 0.1) is 6.92 Å². The van der Waals surface area contributed by atoms with Crippen molar-refractivity contribution in [2.45, 2.75) is 32.6 Å². The molecule has 0 aliphatic carbocycles. The van der Waals surface area contributed by atoms with Crippen LogP contribution < -0.4 is 10.2 Å². The van der Waals surface area contributed by atoms with Gasteiger partial charge in [0.1, 0.15) is 5.75 Å². The van der Waals surface area contributed by atoms with E-state index in [0.717, 1.165) is 29.9 Å². The number of aryl methyl sites for hydroxylation is 2. The number of carbonyl (C=O) groups excluding carboxylic acids is 1. The summed E-state index contributed by atoms with van der Waals surface area (Å²) in [4.78, 5) is 14.6. The molecule has 1 aliphatic rings. The van der Waals surface area contributed by atoms with E-state index in [0.29, 0.717) is 12.8 Å². The Bertz CT molecular complexity index is 721. The third-order valence-electron chi connectivity index (χ3n) is 4.57. The van der Waals surface area contributed by atoms with Gasteiger partial charge in [0.2, 0.25) is 5.91 Å². The normalized spacial score (nSPS) is 14.0. The number of benzene rings is 2. The van der Waals surface area contributed by atoms with Gasteiger partial charge in [-0.15, -0.1) is 0 Å². The molecule has 4 nitrogen and oxygen atoms in total. The molecule has 0 bridgehead atoms. The zero-order valence-corrected chi connectivity index (χ0v) is 14.1. The molecule has 3 rings (SSSR count). The van der Waals surface area contributed by atoms with Gasteiger partial charge in [-0.25, -0.2) is 0 Å². The third-order valence-corrected chi connectivity index (χ3v) is 4.57. The van der Waals surface area contributed by atoms with Gasteiger partial charge in [-0.1, -0.05) is 18.2 Å². The molecule has 1 aliphatic heterocycles. The Morgan fingerprint density at radius 2 is 1.92 bits per heavy atom. The number of aromatic hydroxyl groups is 1. The lowest BCUT2D eigenvalue weighted by Crippen LogP contribution is -2.18. The molecule has 2 N–H and O–H groups in total. The second-order valence-electron chi connectivity index (χ2n) is 6.37. The minimum Gasteiger partial charge on any atom is -0.508 e. The number of amides is 1. The monoisotopic (exact) mass is 324 g/mol. The summed E-state index contributed by atoms with van der Waals surface area (Å²) in [5, 5.41) is 12.7. The molecule has 1 saturated heterocycles. The highest BCUT2D eigenvalue weighted by Crippen LogP contribution is 2.26. The summed E-state index contributed by atoms with van der Waals surface area (Å²) in [6.45, 7) is 4.26. The fourth-order valence-corrected chi connectivity index (χ4v) is 3.14. The largest absolute Gasteiger partial charge is 0.508 e. The van der Waals surface area contributed by atoms with E-state index in [-0.39, 0.29) is 11.7 Å². The first kappa shape index (κ1) is 16.4. The van der Waals surface area contributed by atoms with Gasteiger partial charge in [0.25, 0.3) is 0 Å². The number of rotatable bonds is 5. The average molecular weight is 324 g/mol. The Balaban J connectivity index is 1.59. The number of hydrogen-bond acceptors (Lipinski definition) is 3. The number of nitrogens with one attached hydrogen (secondary N) is 1. The highest BCUT2D eigenvalue weighted by atomic mass is 16.3. The Morgan fingerprint density at radius 1 is 1.17 bits per heavy atom. The van der Waals surface area contributed by atoms with Gasteiger partial charge < -0.3 is 15.3 Å². The SMILES string of the molecule is Cc1cc(N2CCCC2)ccc1NC(=O)CCc1ccccc1O. The predicted octanol–water partition coefficient (Wildman–Crippen LogP) is 3.87. The van der Waals surface area contributed by atoms with Crippen molar-refractivity contribution >= 4 is 17.3 Å². The molecule has 4 heteroatoms. The Hall–Kier alpha value is -2.49. The molecule has 0 spiro atoms. The highest BCUT2D eigenvalue weighted by molar-refractivity contribution is 5.92. The van der Waals surface area contributed by atoms with Gasteiger partial charge in [0, 0.05) is 30.9 Å². The summed E-state index contributed by atoms with van der Waals surface area (Å²) in [5.41, 5.74) is 3.97. The van der Waals surface area contributed by atoms with E-state index in [9.17, 15) is 9.90 Å². The predicted molar refractivity (Wildman–Crippen MR) is 97.7 cm³/mol. The summed E-state index contributed by atoms with van der Waals surface area (Å²) in [6.07, 6.45) is 3.39. The standard InChI is InChI=1S/C20H24N2O2/c1-15-14-17(22-12-4-5-13-22)9-10-18(15)21-20(24)11-8-16-6-2-3-7-19(16)23/h2-3,6-7,9-10,14,23H,4-5,8,11-13H2,1H3,(H,21,24). The van der Waals surface area contributed by atoms with Gasteiger partial charge in [0.05, 0.1) is 0 Å². The highest BCUT2D eigenvalue weighted by Gasteiger charge is 2.13. The Labute approximate surface area is 143 Å². The summed E-state index contributed by atoms with van der Waals surface area (Å²) in [5.74, 6) is 0.215. The van der Waals surface area contributed by atoms with Crippen LogP contribution in [0.25, 0.3) is 0 Å². The van der Waals surface area contributed by atoms with E-state index in [4.69, 9.17) is 0 Å². The first-order valence-corrected chi connectivity index (χ1v) is 8.56. The van der Waals surface area contributed by atoms with Gasteiger partial charge in [-0.2, -0.15) is 0 Å². The Morgan fingerprint density at radius 3 is 2.62 bits per heavy atom. The molecule has 1 heterocycles. The van der Waals surface area contributed by atoms with Crippen LogP contribution in [0.1, 0.15) is 30.4 Å². The van der Waals surface area contributed by atoms with Gasteiger partial charge in [-0.05, 0) is 61.6 Å². The van der Waals surface area contributed by atoms with Crippen LogP contribution in [0.15, 0.2) is 42.5 Å². The van der Waals surface area contributed by atoms with Gasteiger partial charge in [-0.3, -0.25) is 4.79 Å². The fraction of sp³-hybridized carbons (Fsp3) is 0.350. The Kier molecular flexibility index (Phi) is 5.04. The van der Waals surface area contributed by atoms with Crippen LogP contribution in [-0.2, 0) is 11.2 Å². The molecule has 0 saturated carbocycles. The van der Waals surface area contributed by atoms with E-state index in [1.54, 1.807) is 12.1 Å². The summed E-state index contributed by atoms with van der Waals surface area (Å²) < 4.78 is 0. The molecule has 0 unspecified atom stereocenters. The van der Waals surface area contributed by atoms with Crippen molar-refractivity contribution in [3.8, 4) is 5.75 Å². The van der Waals surface area contributed by atoms with Crippen molar-refractivity contribution < 1.29 is 9.90 Å². The molecule has 0 atom stereocenters. The van der Waals surface area contributed by atoms with E-state index in [1.165, 1.54) is 18.5 Å². The summed E-state index contributed by atoms with van der Waals surface area (Å²) in [6, 6.07) is 13.4. The van der Waals surface area contributed by atoms with Crippen molar-refractivity contribution in [1.82, 2.24) is 0 Å². The molecule has 1 fully saturated rings. The van der Waals surface area contributed by atoms with Crippen LogP contribution in [0.3, 0.4) is 0 Å². The number of nitrogens with zero attached hydrogens (tertiary/aromatic N) is 1. The summed E-state index contributed by atoms with van der Waals surface area (Å²) >= 11 is 0. The molecule has 24 heavy (non-hydrogen) atoms. The van der Waals surface area contributed by atoms with Crippen LogP contribution in [0.2, 0.25) is 0 Å². The topological polar surface area (TPSA) is 52.6 Å². The number of carbonyl (C=O) groups is 1. The number of phenolic OH excluding ortho intramolecular Hbond substituents is 1. The van der Waals surface area contributed by atoms with Crippen LogP contribution >= 0.6 is 0 Å². The zero-order chi connectivity index (χ0) is 16.9. The summed E-state index contributed by atoms with van der Waals surface area (Å²) in [7, 11) is 0. The molecule has 2 aromatic carbocycles. The van der Waals surface area contributed by atoms with Crippen molar-refractivity contribution in [2.24, 2.45) is 0 Å². The smallest absolute Gasteiger partial charge is 0.224 e. The molecule has 126 valence electrons. The lowest BCUT2D eigenvalue weighted by atomic mass is 10.1. The van der Waals surface area contributed by atoms with Crippen LogP contribution in [0.5, 0.6) is 5.75 Å². The first-order chi connectivity index (χ1) is 11.6. The number of hydrogen-bond donors (Lipinski definition) is 2. The second kappa shape index (κ2) is 7.39. The molecule has 0 aromatic heterocycles. The molecule has 1 amide bonds. The van der Waals surface area contributed by atoms with Crippen molar-refractivity contribution in [3.05, 3.63) is 53.6 Å². The van der Waals surface area contributed by atoms with Crippen molar-refractivity contribution in [3.63, 3.8) is 0 Å². The number of phenols is 1. The fourth-order valence-electron chi connectivity index (χ4n) is 3.14. The molecule has 0 radical (unpaired) electrons. The van der Waals surface area contributed by atoms with Gasteiger partial charge in [0.15, 0.2) is 0 Å². The van der Waals surface area contributed by atoms with Crippen molar-refractivity contribution in [1.29, 1.82) is 0 Å².